The fourth-order valence-corrected chi connectivity index (χ4v) is 2.77. The molecule has 134 valence electrons. The molecule has 0 radical (unpaired) electrons. The summed E-state index contributed by atoms with van der Waals surface area (Å²) in [5, 5.41) is 12.6. The molecular formula is C20H16N4O3. The summed E-state index contributed by atoms with van der Waals surface area (Å²) in [4.78, 5) is 21.2. The molecule has 0 saturated carbocycles. The number of nitrogens with zero attached hydrogens (tertiary/aromatic N) is 3. The van der Waals surface area contributed by atoms with E-state index >= 15 is 0 Å². The first-order valence-electron chi connectivity index (χ1n) is 8.22. The molecule has 2 heterocycles. The summed E-state index contributed by atoms with van der Waals surface area (Å²) < 4.78 is 6.96. The molecule has 0 saturated heterocycles. The van der Waals surface area contributed by atoms with Crippen LogP contribution in [0, 0.1) is 0 Å². The van der Waals surface area contributed by atoms with Gasteiger partial charge in [-0.25, -0.2) is 9.97 Å². The molecule has 0 bridgehead atoms. The van der Waals surface area contributed by atoms with E-state index in [2.05, 4.69) is 15.3 Å². The highest BCUT2D eigenvalue weighted by Crippen LogP contribution is 2.24. The Bertz CT molecular complexity index is 1120. The van der Waals surface area contributed by atoms with Gasteiger partial charge in [0.1, 0.15) is 23.6 Å². The molecular weight excluding hydrogens is 344 g/mol. The van der Waals surface area contributed by atoms with Crippen LogP contribution in [-0.2, 0) is 0 Å². The molecule has 0 aliphatic heterocycles. The molecule has 1 amide bonds. The van der Waals surface area contributed by atoms with Gasteiger partial charge in [-0.15, -0.1) is 0 Å². The van der Waals surface area contributed by atoms with Crippen molar-refractivity contribution in [2.75, 3.05) is 12.4 Å². The van der Waals surface area contributed by atoms with Gasteiger partial charge in [0.25, 0.3) is 5.91 Å². The number of pyridine rings is 1. The number of aromatic nitrogens is 3. The second-order valence-electron chi connectivity index (χ2n) is 5.85. The number of hydrogen-bond donors (Lipinski definition) is 2. The van der Waals surface area contributed by atoms with E-state index in [0.717, 1.165) is 11.0 Å². The van der Waals surface area contributed by atoms with Crippen molar-refractivity contribution in [1.29, 1.82) is 0 Å². The topological polar surface area (TPSA) is 89.3 Å². The van der Waals surface area contributed by atoms with Crippen molar-refractivity contribution < 1.29 is 14.6 Å². The van der Waals surface area contributed by atoms with Gasteiger partial charge in [0.2, 0.25) is 0 Å². The molecule has 4 aromatic rings. The van der Waals surface area contributed by atoms with Crippen LogP contribution in [0.1, 0.15) is 10.4 Å². The lowest BCUT2D eigenvalue weighted by Crippen LogP contribution is -2.12. The fourth-order valence-electron chi connectivity index (χ4n) is 2.77. The number of anilines is 1. The maximum Gasteiger partial charge on any atom is 0.259 e. The summed E-state index contributed by atoms with van der Waals surface area (Å²) in [5.41, 5.74) is 2.46. The maximum atomic E-state index is 12.4. The number of fused-ring (bicyclic) bond motifs is 1. The second-order valence-corrected chi connectivity index (χ2v) is 5.85. The van der Waals surface area contributed by atoms with Crippen molar-refractivity contribution >= 4 is 22.6 Å². The van der Waals surface area contributed by atoms with E-state index in [1.54, 1.807) is 30.7 Å². The summed E-state index contributed by atoms with van der Waals surface area (Å²) >= 11 is 0. The van der Waals surface area contributed by atoms with Gasteiger partial charge in [-0.2, -0.15) is 0 Å². The lowest BCUT2D eigenvalue weighted by Gasteiger charge is -2.09. The van der Waals surface area contributed by atoms with Gasteiger partial charge in [-0.3, -0.25) is 9.36 Å². The van der Waals surface area contributed by atoms with Gasteiger partial charge in [0.05, 0.1) is 35.6 Å². The number of imidazole rings is 1. The molecule has 4 rings (SSSR count). The first-order chi connectivity index (χ1) is 13.2. The van der Waals surface area contributed by atoms with E-state index < -0.39 is 5.91 Å². The summed E-state index contributed by atoms with van der Waals surface area (Å²) in [6, 6.07) is 15.8. The highest BCUT2D eigenvalue weighted by molar-refractivity contribution is 6.06. The smallest absolute Gasteiger partial charge is 0.259 e. The predicted octanol–water partition coefficient (Wildman–Crippen LogP) is 3.39. The van der Waals surface area contributed by atoms with E-state index in [0.29, 0.717) is 17.3 Å². The van der Waals surface area contributed by atoms with Crippen LogP contribution in [0.25, 0.3) is 16.9 Å². The van der Waals surface area contributed by atoms with Crippen LogP contribution >= 0.6 is 0 Å². The Morgan fingerprint density at radius 1 is 1.11 bits per heavy atom. The van der Waals surface area contributed by atoms with Crippen LogP contribution in [0.4, 0.5) is 5.69 Å². The first kappa shape index (κ1) is 16.6. The highest BCUT2D eigenvalue weighted by Gasteiger charge is 2.13. The lowest BCUT2D eigenvalue weighted by atomic mass is 10.1. The van der Waals surface area contributed by atoms with E-state index in [4.69, 9.17) is 4.74 Å². The van der Waals surface area contributed by atoms with E-state index in [1.807, 2.05) is 28.8 Å². The van der Waals surface area contributed by atoms with Crippen molar-refractivity contribution in [2.45, 2.75) is 0 Å². The number of methoxy groups -OCH3 is 1. The van der Waals surface area contributed by atoms with E-state index in [9.17, 15) is 9.90 Å². The molecule has 2 N–H and O–H groups in total. The molecule has 7 heteroatoms. The van der Waals surface area contributed by atoms with Crippen molar-refractivity contribution in [3.05, 3.63) is 72.7 Å². The third-order valence-corrected chi connectivity index (χ3v) is 4.15. The van der Waals surface area contributed by atoms with Crippen LogP contribution in [-0.4, -0.2) is 32.7 Å². The number of carbonyl (C=O) groups excluding carboxylic acids is 1. The number of carbonyl (C=O) groups is 1. The van der Waals surface area contributed by atoms with Crippen LogP contribution in [0.5, 0.6) is 11.5 Å². The minimum absolute atomic E-state index is 0.122. The highest BCUT2D eigenvalue weighted by atomic mass is 16.5. The molecule has 0 unspecified atom stereocenters. The number of ether oxygens (including phenoxy) is 1. The predicted molar refractivity (Wildman–Crippen MR) is 101 cm³/mol. The lowest BCUT2D eigenvalue weighted by molar-refractivity contribution is 0.102. The Kier molecular flexibility index (Phi) is 4.18. The number of aromatic hydroxyl groups is 1. The normalized spacial score (nSPS) is 10.7. The van der Waals surface area contributed by atoms with Gasteiger partial charge in [-0.05, 0) is 42.5 Å². The summed E-state index contributed by atoms with van der Waals surface area (Å²) in [6.45, 7) is 0. The number of hydrogen-bond acceptors (Lipinski definition) is 5. The minimum atomic E-state index is -0.450. The Morgan fingerprint density at radius 3 is 2.74 bits per heavy atom. The fraction of sp³-hybridized carbons (Fsp3) is 0.0500. The summed E-state index contributed by atoms with van der Waals surface area (Å²) in [5.74, 6) is 0.598. The number of phenolic OH excluding ortho intramolecular Hbond substituents is 1. The van der Waals surface area contributed by atoms with Gasteiger partial charge in [0.15, 0.2) is 0 Å². The SMILES string of the molecule is COc1ccc(O)c(C(=O)Nc2ccc(-n3cnc4ccccc43)nc2)c1. The zero-order valence-electron chi connectivity index (χ0n) is 14.5. The van der Waals surface area contributed by atoms with Crippen molar-refractivity contribution in [2.24, 2.45) is 0 Å². The zero-order valence-corrected chi connectivity index (χ0v) is 14.5. The van der Waals surface area contributed by atoms with Crippen LogP contribution in [0.3, 0.4) is 0 Å². The third kappa shape index (κ3) is 3.18. The van der Waals surface area contributed by atoms with Crippen LogP contribution < -0.4 is 10.1 Å². The Labute approximate surface area is 154 Å². The van der Waals surface area contributed by atoms with E-state index in [-0.39, 0.29) is 11.3 Å². The number of para-hydroxylation sites is 2. The average Bonchev–Trinajstić information content (AvgIpc) is 3.13. The molecule has 7 nitrogen and oxygen atoms in total. The standard InChI is InChI=1S/C20H16N4O3/c1-27-14-7-8-18(25)15(10-14)20(26)23-13-6-9-19(21-11-13)24-12-22-16-4-2-3-5-17(16)24/h2-12,25H,1H3,(H,23,26). The number of nitrogens with one attached hydrogen (secondary N) is 1. The molecule has 0 fully saturated rings. The van der Waals surface area contributed by atoms with Crippen LogP contribution in [0.2, 0.25) is 0 Å². The molecule has 0 atom stereocenters. The first-order valence-corrected chi connectivity index (χ1v) is 8.22. The number of phenols is 1. The summed E-state index contributed by atoms with van der Waals surface area (Å²) in [6.07, 6.45) is 3.26. The molecule has 2 aromatic carbocycles. The molecule has 0 spiro atoms. The number of amides is 1. The monoisotopic (exact) mass is 360 g/mol. The minimum Gasteiger partial charge on any atom is -0.507 e. The van der Waals surface area contributed by atoms with Gasteiger partial charge >= 0.3 is 0 Å². The molecule has 0 aliphatic carbocycles. The van der Waals surface area contributed by atoms with Crippen molar-refractivity contribution in [1.82, 2.24) is 14.5 Å². The zero-order chi connectivity index (χ0) is 18.8. The molecule has 2 aromatic heterocycles. The quantitative estimate of drug-likeness (QED) is 0.582. The van der Waals surface area contributed by atoms with Gasteiger partial charge in [-0.1, -0.05) is 12.1 Å². The Morgan fingerprint density at radius 2 is 1.96 bits per heavy atom. The van der Waals surface area contributed by atoms with Gasteiger partial charge in [0, 0.05) is 0 Å². The van der Waals surface area contributed by atoms with E-state index in [1.165, 1.54) is 19.2 Å². The Balaban J connectivity index is 1.57. The van der Waals surface area contributed by atoms with Gasteiger partial charge < -0.3 is 15.2 Å². The largest absolute Gasteiger partial charge is 0.507 e. The Hall–Kier alpha value is -3.87. The number of benzene rings is 2. The van der Waals surface area contributed by atoms with Crippen LogP contribution in [0.15, 0.2) is 67.1 Å². The summed E-state index contributed by atoms with van der Waals surface area (Å²) in [7, 11) is 1.50. The molecule has 0 aliphatic rings. The second kappa shape index (κ2) is 6.80. The third-order valence-electron chi connectivity index (χ3n) is 4.15. The average molecular weight is 360 g/mol. The number of rotatable bonds is 4. The van der Waals surface area contributed by atoms with Crippen molar-refractivity contribution in [3.63, 3.8) is 0 Å². The maximum absolute atomic E-state index is 12.4. The molecule has 27 heavy (non-hydrogen) atoms. The van der Waals surface area contributed by atoms with Crippen molar-refractivity contribution in [3.8, 4) is 17.3 Å².